The number of fused-ring (bicyclic) bond motifs is 1. The van der Waals surface area contributed by atoms with Gasteiger partial charge in [0.25, 0.3) is 0 Å². The Kier molecular flexibility index (Phi) is 2.63. The van der Waals surface area contributed by atoms with E-state index in [2.05, 4.69) is 10.4 Å². The summed E-state index contributed by atoms with van der Waals surface area (Å²) in [6.07, 6.45) is 3.80. The van der Waals surface area contributed by atoms with E-state index in [4.69, 9.17) is 0 Å². The van der Waals surface area contributed by atoms with E-state index in [-0.39, 0.29) is 5.78 Å². The van der Waals surface area contributed by atoms with E-state index in [9.17, 15) is 4.79 Å². The number of aryl methyl sites for hydroxylation is 2. The van der Waals surface area contributed by atoms with E-state index in [1.54, 1.807) is 24.0 Å². The molecule has 0 saturated carbocycles. The molecule has 0 fully saturated rings. The summed E-state index contributed by atoms with van der Waals surface area (Å²) < 4.78 is 1.61. The minimum absolute atomic E-state index is 0.0309. The van der Waals surface area contributed by atoms with Crippen LogP contribution in [0.2, 0.25) is 0 Å². The zero-order chi connectivity index (χ0) is 12.5. The molecule has 1 aliphatic rings. The number of ketones is 1. The van der Waals surface area contributed by atoms with Gasteiger partial charge in [-0.25, -0.2) is 0 Å². The lowest BCUT2D eigenvalue weighted by molar-refractivity contribution is 0.103. The van der Waals surface area contributed by atoms with Crippen molar-refractivity contribution in [2.45, 2.75) is 12.8 Å². The minimum Gasteiger partial charge on any atom is -0.385 e. The third kappa shape index (κ3) is 1.79. The summed E-state index contributed by atoms with van der Waals surface area (Å²) in [4.78, 5) is 12.3. The largest absolute Gasteiger partial charge is 0.385 e. The van der Waals surface area contributed by atoms with Crippen LogP contribution in [0.1, 0.15) is 28.0 Å². The van der Waals surface area contributed by atoms with Crippen molar-refractivity contribution in [3.05, 3.63) is 47.3 Å². The van der Waals surface area contributed by atoms with E-state index < -0.39 is 0 Å². The highest BCUT2D eigenvalue weighted by Crippen LogP contribution is 2.23. The molecule has 0 bridgehead atoms. The van der Waals surface area contributed by atoms with Gasteiger partial charge in [0.2, 0.25) is 5.78 Å². The standard InChI is InChI=1S/C14H15N3O/c1-17-13(6-8-16-17)14(18)11-4-5-12-10(9-11)3-2-7-15-12/h4-6,8-9,15H,2-3,7H2,1H3. The van der Waals surface area contributed by atoms with Crippen molar-refractivity contribution in [3.8, 4) is 0 Å². The van der Waals surface area contributed by atoms with Gasteiger partial charge in [-0.2, -0.15) is 5.10 Å². The Morgan fingerprint density at radius 2 is 2.28 bits per heavy atom. The third-order valence-corrected chi connectivity index (χ3v) is 3.36. The van der Waals surface area contributed by atoms with E-state index in [1.807, 2.05) is 18.2 Å². The molecule has 4 heteroatoms. The summed E-state index contributed by atoms with van der Waals surface area (Å²) in [7, 11) is 1.78. The average molecular weight is 241 g/mol. The number of carbonyl (C=O) groups excluding carboxylic acids is 1. The van der Waals surface area contributed by atoms with Gasteiger partial charge in [-0.3, -0.25) is 9.48 Å². The fourth-order valence-corrected chi connectivity index (χ4v) is 2.36. The number of aromatic nitrogens is 2. The van der Waals surface area contributed by atoms with Gasteiger partial charge in [0.05, 0.1) is 0 Å². The van der Waals surface area contributed by atoms with Gasteiger partial charge in [-0.05, 0) is 42.7 Å². The highest BCUT2D eigenvalue weighted by atomic mass is 16.1. The van der Waals surface area contributed by atoms with Gasteiger partial charge < -0.3 is 5.32 Å². The average Bonchev–Trinajstić information content (AvgIpc) is 2.83. The van der Waals surface area contributed by atoms with Crippen molar-refractivity contribution in [1.82, 2.24) is 9.78 Å². The molecule has 0 radical (unpaired) electrons. The number of benzene rings is 1. The second-order valence-electron chi connectivity index (χ2n) is 4.57. The lowest BCUT2D eigenvalue weighted by atomic mass is 9.98. The smallest absolute Gasteiger partial charge is 0.211 e. The Morgan fingerprint density at radius 3 is 3.06 bits per heavy atom. The molecule has 3 rings (SSSR count). The van der Waals surface area contributed by atoms with Crippen LogP contribution in [0, 0.1) is 0 Å². The molecule has 18 heavy (non-hydrogen) atoms. The maximum Gasteiger partial charge on any atom is 0.211 e. The van der Waals surface area contributed by atoms with Crippen molar-refractivity contribution in [1.29, 1.82) is 0 Å². The zero-order valence-electron chi connectivity index (χ0n) is 10.3. The van der Waals surface area contributed by atoms with Crippen LogP contribution in [0.4, 0.5) is 5.69 Å². The maximum atomic E-state index is 12.3. The second-order valence-corrected chi connectivity index (χ2v) is 4.57. The Morgan fingerprint density at radius 1 is 1.39 bits per heavy atom. The van der Waals surface area contributed by atoms with Gasteiger partial charge >= 0.3 is 0 Å². The highest BCUT2D eigenvalue weighted by molar-refractivity contribution is 6.08. The molecule has 92 valence electrons. The molecule has 0 amide bonds. The minimum atomic E-state index is 0.0309. The van der Waals surface area contributed by atoms with E-state index in [1.165, 1.54) is 5.56 Å². The van der Waals surface area contributed by atoms with Crippen LogP contribution in [-0.4, -0.2) is 22.1 Å². The van der Waals surface area contributed by atoms with Gasteiger partial charge in [0.1, 0.15) is 5.69 Å². The lowest BCUT2D eigenvalue weighted by Gasteiger charge is -2.18. The molecule has 4 nitrogen and oxygen atoms in total. The number of anilines is 1. The zero-order valence-corrected chi connectivity index (χ0v) is 10.3. The molecule has 0 unspecified atom stereocenters. The van der Waals surface area contributed by atoms with Gasteiger partial charge in [0, 0.05) is 31.0 Å². The van der Waals surface area contributed by atoms with Gasteiger partial charge in [-0.1, -0.05) is 0 Å². The van der Waals surface area contributed by atoms with Crippen molar-refractivity contribution < 1.29 is 4.79 Å². The third-order valence-electron chi connectivity index (χ3n) is 3.36. The number of nitrogens with one attached hydrogen (secondary N) is 1. The molecule has 2 heterocycles. The molecular weight excluding hydrogens is 226 g/mol. The Labute approximate surface area is 106 Å². The van der Waals surface area contributed by atoms with Crippen LogP contribution >= 0.6 is 0 Å². The first-order valence-corrected chi connectivity index (χ1v) is 6.15. The first-order valence-electron chi connectivity index (χ1n) is 6.15. The summed E-state index contributed by atoms with van der Waals surface area (Å²) >= 11 is 0. The maximum absolute atomic E-state index is 12.3. The van der Waals surface area contributed by atoms with Crippen LogP contribution < -0.4 is 5.32 Å². The number of carbonyl (C=O) groups is 1. The SMILES string of the molecule is Cn1nccc1C(=O)c1ccc2c(c1)CCCN2. The lowest BCUT2D eigenvalue weighted by Crippen LogP contribution is -2.13. The molecule has 1 N–H and O–H groups in total. The molecule has 2 aromatic rings. The Hall–Kier alpha value is -2.10. The van der Waals surface area contributed by atoms with E-state index >= 15 is 0 Å². The number of nitrogens with zero attached hydrogens (tertiary/aromatic N) is 2. The normalized spacial score (nSPS) is 13.8. The van der Waals surface area contributed by atoms with Crippen molar-refractivity contribution in [2.75, 3.05) is 11.9 Å². The summed E-state index contributed by atoms with van der Waals surface area (Å²) in [6, 6.07) is 7.63. The van der Waals surface area contributed by atoms with Crippen LogP contribution in [-0.2, 0) is 13.5 Å². The Bertz CT molecular complexity index is 601. The van der Waals surface area contributed by atoms with Gasteiger partial charge in [0.15, 0.2) is 0 Å². The number of hydrogen-bond acceptors (Lipinski definition) is 3. The second kappa shape index (κ2) is 4.29. The van der Waals surface area contributed by atoms with Crippen LogP contribution in [0.15, 0.2) is 30.5 Å². The predicted octanol–water partition coefficient (Wildman–Crippen LogP) is 2.01. The quantitative estimate of drug-likeness (QED) is 0.818. The Balaban J connectivity index is 1.98. The number of rotatable bonds is 2. The van der Waals surface area contributed by atoms with E-state index in [0.717, 1.165) is 30.6 Å². The topological polar surface area (TPSA) is 46.9 Å². The molecule has 0 saturated heterocycles. The van der Waals surface area contributed by atoms with Crippen molar-refractivity contribution in [2.24, 2.45) is 7.05 Å². The van der Waals surface area contributed by atoms with Crippen LogP contribution in [0.3, 0.4) is 0 Å². The molecule has 1 aromatic carbocycles. The fraction of sp³-hybridized carbons (Fsp3) is 0.286. The summed E-state index contributed by atoms with van der Waals surface area (Å²) in [5.74, 6) is 0.0309. The number of hydrogen-bond donors (Lipinski definition) is 1. The first kappa shape index (κ1) is 11.0. The van der Waals surface area contributed by atoms with E-state index in [0.29, 0.717) is 5.69 Å². The summed E-state index contributed by atoms with van der Waals surface area (Å²) in [6.45, 7) is 1.02. The van der Waals surface area contributed by atoms with Gasteiger partial charge in [-0.15, -0.1) is 0 Å². The highest BCUT2D eigenvalue weighted by Gasteiger charge is 2.15. The molecule has 0 spiro atoms. The van der Waals surface area contributed by atoms with Crippen LogP contribution in [0.25, 0.3) is 0 Å². The molecule has 1 aliphatic heterocycles. The molecule has 0 atom stereocenters. The predicted molar refractivity (Wildman–Crippen MR) is 69.9 cm³/mol. The van der Waals surface area contributed by atoms with Crippen molar-refractivity contribution in [3.63, 3.8) is 0 Å². The summed E-state index contributed by atoms with van der Waals surface area (Å²) in [5, 5.41) is 7.38. The van der Waals surface area contributed by atoms with Crippen LogP contribution in [0.5, 0.6) is 0 Å². The monoisotopic (exact) mass is 241 g/mol. The fourth-order valence-electron chi connectivity index (χ4n) is 2.36. The first-order chi connectivity index (χ1) is 8.75. The van der Waals surface area contributed by atoms with Crippen molar-refractivity contribution >= 4 is 11.5 Å². The summed E-state index contributed by atoms with van der Waals surface area (Å²) in [5.41, 5.74) is 3.75. The molecule has 1 aromatic heterocycles. The molecular formula is C14H15N3O. The molecule has 0 aliphatic carbocycles.